The summed E-state index contributed by atoms with van der Waals surface area (Å²) in [5, 5.41) is 0. The molecule has 0 radical (unpaired) electrons. The van der Waals surface area contributed by atoms with E-state index in [9.17, 15) is 14.4 Å². The van der Waals surface area contributed by atoms with Gasteiger partial charge in [0.25, 0.3) is 0 Å². The third-order valence-electron chi connectivity index (χ3n) is 14.0. The number of allylic oxidation sites excluding steroid dienone is 18. The summed E-state index contributed by atoms with van der Waals surface area (Å²) in [6.07, 6.45) is 90.0. The Bertz CT molecular complexity index is 1570. The van der Waals surface area contributed by atoms with Crippen molar-refractivity contribution >= 4 is 17.9 Å². The molecule has 0 bridgehead atoms. The van der Waals surface area contributed by atoms with Crippen molar-refractivity contribution in [3.8, 4) is 0 Å². The predicted octanol–water partition coefficient (Wildman–Crippen LogP) is 22.6. The largest absolute Gasteiger partial charge is 0.462 e. The molecule has 0 fully saturated rings. The van der Waals surface area contributed by atoms with Crippen molar-refractivity contribution in [2.24, 2.45) is 0 Å². The van der Waals surface area contributed by atoms with Crippen molar-refractivity contribution in [2.75, 3.05) is 13.2 Å². The minimum Gasteiger partial charge on any atom is -0.462 e. The van der Waals surface area contributed by atoms with Crippen LogP contribution in [0.3, 0.4) is 0 Å². The van der Waals surface area contributed by atoms with E-state index >= 15 is 0 Å². The average Bonchev–Trinajstić information content (AvgIpc) is 3.44. The van der Waals surface area contributed by atoms with E-state index in [1.807, 2.05) is 0 Å². The molecule has 0 heterocycles. The fraction of sp³-hybridized carbons (Fsp3) is 0.708. The molecule has 0 saturated heterocycles. The van der Waals surface area contributed by atoms with Crippen LogP contribution < -0.4 is 0 Å². The van der Waals surface area contributed by atoms with E-state index in [1.165, 1.54) is 148 Å². The normalized spacial score (nSPS) is 12.8. The summed E-state index contributed by atoms with van der Waals surface area (Å²) in [7, 11) is 0. The minimum absolute atomic E-state index is 0.0787. The molecule has 0 N–H and O–H groups in total. The Kier molecular flexibility index (Phi) is 62.3. The maximum absolute atomic E-state index is 12.8. The monoisotopic (exact) mass is 1080 g/mol. The molecule has 0 aromatic carbocycles. The summed E-state index contributed by atoms with van der Waals surface area (Å²) in [6.45, 7) is 6.37. The Hall–Kier alpha value is -3.93. The molecule has 1 atom stereocenters. The van der Waals surface area contributed by atoms with Crippen molar-refractivity contribution in [1.82, 2.24) is 0 Å². The van der Waals surface area contributed by atoms with Crippen LogP contribution in [0.1, 0.15) is 310 Å². The average molecular weight is 1080 g/mol. The minimum atomic E-state index is -0.779. The summed E-state index contributed by atoms with van der Waals surface area (Å²) in [4.78, 5) is 38.0. The van der Waals surface area contributed by atoms with E-state index in [2.05, 4.69) is 130 Å². The van der Waals surface area contributed by atoms with Gasteiger partial charge in [-0.05, 0) is 103 Å². The number of ether oxygens (including phenoxy) is 3. The van der Waals surface area contributed by atoms with E-state index in [0.29, 0.717) is 19.3 Å². The lowest BCUT2D eigenvalue weighted by Crippen LogP contribution is -2.30. The smallest absolute Gasteiger partial charge is 0.306 e. The Morgan fingerprint density at radius 1 is 0.269 bits per heavy atom. The van der Waals surface area contributed by atoms with Gasteiger partial charge in [0, 0.05) is 19.3 Å². The second-order valence-corrected chi connectivity index (χ2v) is 21.6. The molecular weight excluding hydrogens is 961 g/mol. The number of carbonyl (C=O) groups excluding carboxylic acids is 3. The zero-order chi connectivity index (χ0) is 56.4. The van der Waals surface area contributed by atoms with Crippen molar-refractivity contribution < 1.29 is 28.6 Å². The first-order valence-electron chi connectivity index (χ1n) is 32.9. The van der Waals surface area contributed by atoms with Crippen LogP contribution in [0.2, 0.25) is 0 Å². The van der Waals surface area contributed by atoms with Gasteiger partial charge in [-0.25, -0.2) is 0 Å². The fourth-order valence-electron chi connectivity index (χ4n) is 9.17. The Morgan fingerprint density at radius 2 is 0.500 bits per heavy atom. The molecule has 6 nitrogen and oxygen atoms in total. The van der Waals surface area contributed by atoms with Crippen LogP contribution in [0.5, 0.6) is 0 Å². The van der Waals surface area contributed by atoms with E-state index in [-0.39, 0.29) is 31.1 Å². The van der Waals surface area contributed by atoms with E-state index < -0.39 is 6.10 Å². The zero-order valence-electron chi connectivity index (χ0n) is 51.2. The standard InChI is InChI=1S/C72H122O6/c1-4-7-10-13-16-18-20-22-24-26-28-30-31-32-33-34-35-36-37-38-39-40-41-43-44-46-48-50-52-54-56-59-62-65-71(74)77-68-69(67-76-70(73)64-61-58-15-12-9-6-3)78-72(75)66-63-60-57-55-53-51-49-47-45-42-29-27-25-23-21-19-17-14-11-8-5-2/h7-8,10-11,16-19,22-25,28-30,32-33,42,69H,4-6,9,12-15,20-21,26-27,31,34-41,43-68H2,1-3H3/b10-7-,11-8-,18-16-,19-17-,24-22-,25-23-,30-28-,33-32-,42-29-. The number of hydrogen-bond acceptors (Lipinski definition) is 6. The molecule has 0 rings (SSSR count). The predicted molar refractivity (Wildman–Crippen MR) is 339 cm³/mol. The zero-order valence-corrected chi connectivity index (χ0v) is 51.2. The molecule has 0 saturated carbocycles. The first-order valence-corrected chi connectivity index (χ1v) is 32.9. The first kappa shape index (κ1) is 74.1. The second kappa shape index (κ2) is 65.6. The topological polar surface area (TPSA) is 78.9 Å². The maximum Gasteiger partial charge on any atom is 0.306 e. The van der Waals surface area contributed by atoms with Gasteiger partial charge < -0.3 is 14.2 Å². The Labute approximate surface area is 482 Å². The highest BCUT2D eigenvalue weighted by Crippen LogP contribution is 2.17. The van der Waals surface area contributed by atoms with E-state index in [0.717, 1.165) is 122 Å². The van der Waals surface area contributed by atoms with Gasteiger partial charge in [-0.3, -0.25) is 14.4 Å². The van der Waals surface area contributed by atoms with Crippen molar-refractivity contribution in [3.05, 3.63) is 109 Å². The van der Waals surface area contributed by atoms with Gasteiger partial charge in [-0.1, -0.05) is 297 Å². The third-order valence-corrected chi connectivity index (χ3v) is 14.0. The highest BCUT2D eigenvalue weighted by molar-refractivity contribution is 5.71. The summed E-state index contributed by atoms with van der Waals surface area (Å²) >= 11 is 0. The van der Waals surface area contributed by atoms with Gasteiger partial charge in [0.05, 0.1) is 0 Å². The van der Waals surface area contributed by atoms with Gasteiger partial charge in [0.2, 0.25) is 0 Å². The molecule has 1 unspecified atom stereocenters. The Morgan fingerprint density at radius 3 is 0.782 bits per heavy atom. The van der Waals surface area contributed by atoms with Crippen molar-refractivity contribution in [3.63, 3.8) is 0 Å². The molecule has 78 heavy (non-hydrogen) atoms. The number of carbonyl (C=O) groups is 3. The molecule has 0 amide bonds. The molecule has 0 aliphatic carbocycles. The number of unbranched alkanes of at least 4 members (excludes halogenated alkanes) is 30. The molecule has 0 aromatic rings. The van der Waals surface area contributed by atoms with Gasteiger partial charge in [-0.2, -0.15) is 0 Å². The highest BCUT2D eigenvalue weighted by Gasteiger charge is 2.19. The lowest BCUT2D eigenvalue weighted by atomic mass is 10.0. The summed E-state index contributed by atoms with van der Waals surface area (Å²) in [6, 6.07) is 0. The first-order chi connectivity index (χ1) is 38.5. The van der Waals surface area contributed by atoms with Gasteiger partial charge in [0.1, 0.15) is 13.2 Å². The maximum atomic E-state index is 12.8. The second-order valence-electron chi connectivity index (χ2n) is 21.6. The van der Waals surface area contributed by atoms with Crippen LogP contribution in [0.15, 0.2) is 109 Å². The molecule has 0 aromatic heterocycles. The quantitative estimate of drug-likeness (QED) is 0.0261. The van der Waals surface area contributed by atoms with Crippen LogP contribution in [0.4, 0.5) is 0 Å². The highest BCUT2D eigenvalue weighted by atomic mass is 16.6. The van der Waals surface area contributed by atoms with Gasteiger partial charge in [0.15, 0.2) is 6.10 Å². The summed E-state index contributed by atoms with van der Waals surface area (Å²) in [5.41, 5.74) is 0. The molecule has 446 valence electrons. The molecule has 0 spiro atoms. The van der Waals surface area contributed by atoms with E-state index in [1.54, 1.807) is 0 Å². The SMILES string of the molecule is CC/C=C\C/C=C\C/C=C\C/C=C\C/C=C\CCCCCCCCCCCCCCCCCCCC(=O)OCC(COC(=O)CCCCCCCC)OC(=O)CCCCCCCCCC/C=C\C/C=C\C/C=C\C/C=C\CC. The van der Waals surface area contributed by atoms with Gasteiger partial charge in [-0.15, -0.1) is 0 Å². The van der Waals surface area contributed by atoms with Crippen LogP contribution in [0, 0.1) is 0 Å². The lowest BCUT2D eigenvalue weighted by Gasteiger charge is -2.18. The lowest BCUT2D eigenvalue weighted by molar-refractivity contribution is -0.167. The number of rotatable bonds is 59. The summed E-state index contributed by atoms with van der Waals surface area (Å²) in [5.74, 6) is -0.888. The van der Waals surface area contributed by atoms with Crippen LogP contribution in [-0.2, 0) is 28.6 Å². The van der Waals surface area contributed by atoms with Crippen molar-refractivity contribution in [2.45, 2.75) is 316 Å². The Balaban J connectivity index is 4.02. The van der Waals surface area contributed by atoms with Crippen LogP contribution >= 0.6 is 0 Å². The van der Waals surface area contributed by atoms with Crippen LogP contribution in [-0.4, -0.2) is 37.2 Å². The van der Waals surface area contributed by atoms with Crippen LogP contribution in [0.25, 0.3) is 0 Å². The molecule has 0 aliphatic heterocycles. The molecule has 0 aliphatic rings. The molecule has 6 heteroatoms. The molecular formula is C72H122O6. The third kappa shape index (κ3) is 62.9. The summed E-state index contributed by atoms with van der Waals surface area (Å²) < 4.78 is 16.8. The van der Waals surface area contributed by atoms with E-state index in [4.69, 9.17) is 14.2 Å². The fourth-order valence-corrected chi connectivity index (χ4v) is 9.17. The van der Waals surface area contributed by atoms with Crippen molar-refractivity contribution in [1.29, 1.82) is 0 Å². The van der Waals surface area contributed by atoms with Gasteiger partial charge >= 0.3 is 17.9 Å². The number of hydrogen-bond donors (Lipinski definition) is 0. The number of esters is 3.